The molecule has 0 aromatic heterocycles. The molecule has 1 aromatic carbocycles. The van der Waals surface area contributed by atoms with E-state index in [1.54, 1.807) is 31.2 Å². The van der Waals surface area contributed by atoms with Crippen LogP contribution in [0.25, 0.3) is 0 Å². The number of amides is 1. The first-order valence-corrected chi connectivity index (χ1v) is 7.58. The van der Waals surface area contributed by atoms with E-state index in [0.717, 1.165) is 12.8 Å². The molecule has 21 heavy (non-hydrogen) atoms. The third-order valence-corrected chi connectivity index (χ3v) is 3.29. The minimum Gasteiger partial charge on any atom is -0.481 e. The molecule has 0 aliphatic heterocycles. The molecule has 1 amide bonds. The van der Waals surface area contributed by atoms with Crippen molar-refractivity contribution in [1.82, 2.24) is 5.32 Å². The summed E-state index contributed by atoms with van der Waals surface area (Å²) in [5.41, 5.74) is 0.665. The predicted octanol–water partition coefficient (Wildman–Crippen LogP) is 3.35. The van der Waals surface area contributed by atoms with Gasteiger partial charge >= 0.3 is 0 Å². The Balaban J connectivity index is 2.56. The first-order chi connectivity index (χ1) is 9.97. The maximum atomic E-state index is 12.0. The lowest BCUT2D eigenvalue weighted by atomic mass is 10.1. The van der Waals surface area contributed by atoms with Crippen LogP contribution < -0.4 is 10.1 Å². The van der Waals surface area contributed by atoms with Gasteiger partial charge in [0.15, 0.2) is 11.9 Å². The minimum absolute atomic E-state index is 0.0979. The van der Waals surface area contributed by atoms with Gasteiger partial charge in [-0.15, -0.1) is 0 Å². The summed E-state index contributed by atoms with van der Waals surface area (Å²) < 4.78 is 5.60. The maximum absolute atomic E-state index is 12.0. The maximum Gasteiger partial charge on any atom is 0.260 e. The Hall–Kier alpha value is -1.84. The lowest BCUT2D eigenvalue weighted by Crippen LogP contribution is -2.41. The van der Waals surface area contributed by atoms with Gasteiger partial charge in [-0.3, -0.25) is 9.59 Å². The molecular weight excluding hydrogens is 266 g/mol. The van der Waals surface area contributed by atoms with Crippen LogP contribution in [0.3, 0.4) is 0 Å². The largest absolute Gasteiger partial charge is 0.481 e. The van der Waals surface area contributed by atoms with Crippen LogP contribution in [0.4, 0.5) is 0 Å². The van der Waals surface area contributed by atoms with E-state index in [1.807, 2.05) is 13.8 Å². The Morgan fingerprint density at radius 3 is 2.29 bits per heavy atom. The number of Topliss-reactive ketones (excluding diaryl/α,β-unsaturated/α-hetero) is 1. The number of carbonyl (C=O) groups excluding carboxylic acids is 2. The van der Waals surface area contributed by atoms with Gasteiger partial charge in [0.25, 0.3) is 5.91 Å². The Bertz CT molecular complexity index is 467. The monoisotopic (exact) mass is 291 g/mol. The molecule has 4 heteroatoms. The number of carbonyl (C=O) groups is 2. The first-order valence-electron chi connectivity index (χ1n) is 7.58. The summed E-state index contributed by atoms with van der Waals surface area (Å²) in [7, 11) is 0. The molecular formula is C17H25NO3. The fourth-order valence-corrected chi connectivity index (χ4v) is 2.05. The van der Waals surface area contributed by atoms with Crippen molar-refractivity contribution in [2.45, 2.75) is 59.1 Å². The molecule has 4 nitrogen and oxygen atoms in total. The van der Waals surface area contributed by atoms with E-state index < -0.39 is 6.10 Å². The summed E-state index contributed by atoms with van der Waals surface area (Å²) >= 11 is 0. The fourth-order valence-electron chi connectivity index (χ4n) is 2.05. The second-order valence-electron chi connectivity index (χ2n) is 5.26. The van der Waals surface area contributed by atoms with Crippen molar-refractivity contribution in [3.63, 3.8) is 0 Å². The van der Waals surface area contributed by atoms with Crippen LogP contribution in [0.1, 0.15) is 57.3 Å². The van der Waals surface area contributed by atoms with Crippen LogP contribution in [0.15, 0.2) is 24.3 Å². The molecule has 0 fully saturated rings. The van der Waals surface area contributed by atoms with Gasteiger partial charge in [-0.05, 0) is 44.5 Å². The topological polar surface area (TPSA) is 55.4 Å². The van der Waals surface area contributed by atoms with Crippen molar-refractivity contribution in [3.8, 4) is 5.75 Å². The Morgan fingerprint density at radius 2 is 1.76 bits per heavy atom. The molecule has 0 aliphatic carbocycles. The standard InChI is InChI=1S/C17H25NO3/c1-5-7-12(3)18-17(20)13(4)21-15-10-8-14(9-11-15)16(19)6-2/h8-13H,5-7H2,1-4H3,(H,18,20). The van der Waals surface area contributed by atoms with Crippen molar-refractivity contribution in [1.29, 1.82) is 0 Å². The number of hydrogen-bond acceptors (Lipinski definition) is 3. The zero-order chi connectivity index (χ0) is 15.8. The Kier molecular flexibility index (Phi) is 6.92. The van der Waals surface area contributed by atoms with Gasteiger partial charge in [-0.2, -0.15) is 0 Å². The molecule has 1 aromatic rings. The SMILES string of the molecule is CCCC(C)NC(=O)C(C)Oc1ccc(C(=O)CC)cc1. The summed E-state index contributed by atoms with van der Waals surface area (Å²) in [6.45, 7) is 7.62. The number of ketones is 1. The van der Waals surface area contributed by atoms with Crippen molar-refractivity contribution < 1.29 is 14.3 Å². The van der Waals surface area contributed by atoms with Crippen LogP contribution in [0.2, 0.25) is 0 Å². The van der Waals surface area contributed by atoms with Gasteiger partial charge in [0.1, 0.15) is 5.75 Å². The highest BCUT2D eigenvalue weighted by Crippen LogP contribution is 2.15. The average molecular weight is 291 g/mol. The van der Waals surface area contributed by atoms with E-state index in [0.29, 0.717) is 17.7 Å². The Labute approximate surface area is 126 Å². The lowest BCUT2D eigenvalue weighted by molar-refractivity contribution is -0.127. The number of ether oxygens (including phenoxy) is 1. The van der Waals surface area contributed by atoms with Crippen molar-refractivity contribution in [2.75, 3.05) is 0 Å². The fraction of sp³-hybridized carbons (Fsp3) is 0.529. The Morgan fingerprint density at radius 1 is 1.14 bits per heavy atom. The van der Waals surface area contributed by atoms with E-state index in [2.05, 4.69) is 12.2 Å². The highest BCUT2D eigenvalue weighted by Gasteiger charge is 2.16. The number of rotatable bonds is 8. The first kappa shape index (κ1) is 17.2. The molecule has 0 heterocycles. The molecule has 2 unspecified atom stereocenters. The second kappa shape index (κ2) is 8.45. The average Bonchev–Trinajstić information content (AvgIpc) is 2.47. The van der Waals surface area contributed by atoms with Gasteiger partial charge in [-0.1, -0.05) is 20.3 Å². The van der Waals surface area contributed by atoms with E-state index in [1.165, 1.54) is 0 Å². The molecule has 0 aliphatic rings. The van der Waals surface area contributed by atoms with Gasteiger partial charge in [0, 0.05) is 18.0 Å². The number of benzene rings is 1. The second-order valence-corrected chi connectivity index (χ2v) is 5.26. The molecule has 1 N–H and O–H groups in total. The number of hydrogen-bond donors (Lipinski definition) is 1. The summed E-state index contributed by atoms with van der Waals surface area (Å²) in [6, 6.07) is 7.06. The molecule has 1 rings (SSSR count). The third kappa shape index (κ3) is 5.58. The van der Waals surface area contributed by atoms with Crippen molar-refractivity contribution >= 4 is 11.7 Å². The summed E-state index contributed by atoms with van der Waals surface area (Å²) in [6.07, 6.45) is 1.90. The minimum atomic E-state index is -0.558. The summed E-state index contributed by atoms with van der Waals surface area (Å²) in [5, 5.41) is 2.92. The van der Waals surface area contributed by atoms with Crippen LogP contribution in [-0.2, 0) is 4.79 Å². The van der Waals surface area contributed by atoms with Gasteiger partial charge in [0.2, 0.25) is 0 Å². The van der Waals surface area contributed by atoms with Gasteiger partial charge in [-0.25, -0.2) is 0 Å². The molecule has 0 saturated heterocycles. The predicted molar refractivity (Wildman–Crippen MR) is 83.7 cm³/mol. The van der Waals surface area contributed by atoms with Crippen LogP contribution in [0.5, 0.6) is 5.75 Å². The third-order valence-electron chi connectivity index (χ3n) is 3.29. The van der Waals surface area contributed by atoms with E-state index >= 15 is 0 Å². The summed E-state index contributed by atoms with van der Waals surface area (Å²) in [4.78, 5) is 23.5. The smallest absolute Gasteiger partial charge is 0.260 e. The normalized spacial score (nSPS) is 13.3. The molecule has 0 radical (unpaired) electrons. The molecule has 116 valence electrons. The quantitative estimate of drug-likeness (QED) is 0.747. The number of nitrogens with one attached hydrogen (secondary N) is 1. The van der Waals surface area contributed by atoms with Crippen molar-refractivity contribution in [3.05, 3.63) is 29.8 Å². The molecule has 2 atom stereocenters. The van der Waals surface area contributed by atoms with Crippen molar-refractivity contribution in [2.24, 2.45) is 0 Å². The highest BCUT2D eigenvalue weighted by atomic mass is 16.5. The summed E-state index contributed by atoms with van der Waals surface area (Å²) in [5.74, 6) is 0.568. The van der Waals surface area contributed by atoms with E-state index in [4.69, 9.17) is 4.74 Å². The molecule has 0 spiro atoms. The zero-order valence-corrected chi connectivity index (χ0v) is 13.3. The highest BCUT2D eigenvalue weighted by molar-refractivity contribution is 5.95. The molecule has 0 bridgehead atoms. The van der Waals surface area contributed by atoms with Crippen LogP contribution in [0, 0.1) is 0 Å². The lowest BCUT2D eigenvalue weighted by Gasteiger charge is -2.18. The van der Waals surface area contributed by atoms with Gasteiger partial charge in [0.05, 0.1) is 0 Å². The van der Waals surface area contributed by atoms with Crippen LogP contribution >= 0.6 is 0 Å². The molecule has 0 saturated carbocycles. The van der Waals surface area contributed by atoms with Crippen LogP contribution in [-0.4, -0.2) is 23.8 Å². The van der Waals surface area contributed by atoms with Gasteiger partial charge < -0.3 is 10.1 Å². The zero-order valence-electron chi connectivity index (χ0n) is 13.3. The van der Waals surface area contributed by atoms with E-state index in [9.17, 15) is 9.59 Å². The van der Waals surface area contributed by atoms with E-state index in [-0.39, 0.29) is 17.7 Å².